The lowest BCUT2D eigenvalue weighted by atomic mass is 10.1. The van der Waals surface area contributed by atoms with Crippen LogP contribution in [0, 0.1) is 6.92 Å². The van der Waals surface area contributed by atoms with Gasteiger partial charge < -0.3 is 10.1 Å². The topological polar surface area (TPSA) is 75.7 Å². The Morgan fingerprint density at radius 2 is 1.47 bits per heavy atom. The number of aryl methyl sites for hydroxylation is 1. The fourth-order valence-electron chi connectivity index (χ4n) is 3.89. The highest BCUT2D eigenvalue weighted by molar-refractivity contribution is 7.92. The zero-order valence-corrected chi connectivity index (χ0v) is 21.0. The first-order chi connectivity index (χ1) is 17.4. The van der Waals surface area contributed by atoms with E-state index in [0.717, 1.165) is 16.7 Å². The molecule has 0 aliphatic heterocycles. The second kappa shape index (κ2) is 11.1. The molecule has 4 aromatic rings. The Balaban J connectivity index is 1.72. The highest BCUT2D eigenvalue weighted by Gasteiger charge is 2.28. The molecule has 0 atom stereocenters. The Morgan fingerprint density at radius 3 is 2.17 bits per heavy atom. The lowest BCUT2D eigenvalue weighted by Crippen LogP contribution is -2.33. The smallest absolute Gasteiger partial charge is 0.264 e. The molecule has 0 radical (unpaired) electrons. The molecule has 36 heavy (non-hydrogen) atoms. The summed E-state index contributed by atoms with van der Waals surface area (Å²) >= 11 is 0. The molecule has 1 amide bonds. The first kappa shape index (κ1) is 25.0. The zero-order valence-electron chi connectivity index (χ0n) is 20.2. The minimum atomic E-state index is -4.01. The van der Waals surface area contributed by atoms with Crippen molar-refractivity contribution in [3.05, 3.63) is 125 Å². The van der Waals surface area contributed by atoms with Crippen LogP contribution in [0.3, 0.4) is 0 Å². The maximum atomic E-state index is 13.9. The van der Waals surface area contributed by atoms with Gasteiger partial charge in [0.05, 0.1) is 29.8 Å². The van der Waals surface area contributed by atoms with Crippen LogP contribution in [0.4, 0.5) is 5.69 Å². The Morgan fingerprint density at radius 1 is 0.833 bits per heavy atom. The molecular formula is C29H28N2O4S. The van der Waals surface area contributed by atoms with Gasteiger partial charge in [-0.1, -0.05) is 66.7 Å². The molecule has 4 rings (SSSR count). The van der Waals surface area contributed by atoms with Crippen molar-refractivity contribution in [1.29, 1.82) is 0 Å². The number of carbonyl (C=O) groups is 1. The molecule has 0 saturated heterocycles. The molecule has 0 aromatic heterocycles. The Hall–Kier alpha value is -4.10. The maximum Gasteiger partial charge on any atom is 0.264 e. The molecule has 184 valence electrons. The molecule has 1 N–H and O–H groups in total. The van der Waals surface area contributed by atoms with Crippen molar-refractivity contribution in [2.75, 3.05) is 11.4 Å². The van der Waals surface area contributed by atoms with Crippen molar-refractivity contribution in [2.24, 2.45) is 0 Å². The van der Waals surface area contributed by atoms with E-state index in [9.17, 15) is 13.2 Å². The van der Waals surface area contributed by atoms with Gasteiger partial charge in [0.15, 0.2) is 0 Å². The van der Waals surface area contributed by atoms with Gasteiger partial charge in [-0.2, -0.15) is 0 Å². The normalized spacial score (nSPS) is 11.1. The van der Waals surface area contributed by atoms with E-state index >= 15 is 0 Å². The molecule has 0 fully saturated rings. The number of hydrogen-bond acceptors (Lipinski definition) is 4. The van der Waals surface area contributed by atoms with Gasteiger partial charge in [0.1, 0.15) is 5.75 Å². The minimum absolute atomic E-state index is 0.0668. The SMILES string of the molecule is COc1ccc(S(=O)(=O)N(Cc2ccccc2)c2ccccc2C(=O)NCc2ccccc2C)cc1. The molecule has 0 aliphatic rings. The van der Waals surface area contributed by atoms with E-state index in [1.807, 2.05) is 61.5 Å². The van der Waals surface area contributed by atoms with E-state index in [1.165, 1.54) is 23.5 Å². The average molecular weight is 501 g/mol. The third-order valence-corrected chi connectivity index (χ3v) is 7.71. The van der Waals surface area contributed by atoms with Crippen LogP contribution in [-0.2, 0) is 23.1 Å². The lowest BCUT2D eigenvalue weighted by Gasteiger charge is -2.27. The van der Waals surface area contributed by atoms with Crippen LogP contribution in [0.5, 0.6) is 5.75 Å². The van der Waals surface area contributed by atoms with E-state index in [4.69, 9.17) is 4.74 Å². The van der Waals surface area contributed by atoms with E-state index in [1.54, 1.807) is 36.4 Å². The summed E-state index contributed by atoms with van der Waals surface area (Å²) in [7, 11) is -2.48. The number of anilines is 1. The van der Waals surface area contributed by atoms with Gasteiger partial charge in [-0.15, -0.1) is 0 Å². The number of methoxy groups -OCH3 is 1. The fraction of sp³-hybridized carbons (Fsp3) is 0.138. The highest BCUT2D eigenvalue weighted by atomic mass is 32.2. The fourth-order valence-corrected chi connectivity index (χ4v) is 5.36. The predicted octanol–water partition coefficient (Wildman–Crippen LogP) is 5.33. The van der Waals surface area contributed by atoms with Crippen molar-refractivity contribution < 1.29 is 17.9 Å². The van der Waals surface area contributed by atoms with Gasteiger partial charge in [-0.05, 0) is 60.0 Å². The van der Waals surface area contributed by atoms with Crippen molar-refractivity contribution in [3.63, 3.8) is 0 Å². The van der Waals surface area contributed by atoms with Crippen molar-refractivity contribution in [3.8, 4) is 5.75 Å². The second-order valence-electron chi connectivity index (χ2n) is 8.30. The summed E-state index contributed by atoms with van der Waals surface area (Å²) in [4.78, 5) is 13.4. The summed E-state index contributed by atoms with van der Waals surface area (Å²) in [5, 5.41) is 2.94. The quantitative estimate of drug-likeness (QED) is 0.337. The van der Waals surface area contributed by atoms with Crippen LogP contribution in [0.15, 0.2) is 108 Å². The molecule has 6 nitrogen and oxygen atoms in total. The Kier molecular flexibility index (Phi) is 7.71. The minimum Gasteiger partial charge on any atom is -0.497 e. The van der Waals surface area contributed by atoms with Crippen LogP contribution < -0.4 is 14.4 Å². The first-order valence-corrected chi connectivity index (χ1v) is 13.0. The highest BCUT2D eigenvalue weighted by Crippen LogP contribution is 2.30. The summed E-state index contributed by atoms with van der Waals surface area (Å²) in [5.41, 5.74) is 3.44. The standard InChI is InChI=1S/C29H28N2O4S/c1-22-10-6-7-13-24(22)20-30-29(32)27-14-8-9-15-28(27)31(21-23-11-4-3-5-12-23)36(33,34)26-18-16-25(35-2)17-19-26/h3-19H,20-21H2,1-2H3,(H,30,32). The largest absolute Gasteiger partial charge is 0.497 e. The molecule has 0 heterocycles. The van der Waals surface area contributed by atoms with Crippen molar-refractivity contribution in [1.82, 2.24) is 5.32 Å². The van der Waals surface area contributed by atoms with Crippen LogP contribution in [0.25, 0.3) is 0 Å². The Labute approximate surface area is 212 Å². The van der Waals surface area contributed by atoms with Crippen LogP contribution in [0.2, 0.25) is 0 Å². The number of para-hydroxylation sites is 1. The molecule has 0 bridgehead atoms. The van der Waals surface area contributed by atoms with Crippen LogP contribution in [-0.4, -0.2) is 21.4 Å². The molecule has 4 aromatic carbocycles. The number of nitrogens with zero attached hydrogens (tertiary/aromatic N) is 1. The Bertz CT molecular complexity index is 1440. The number of ether oxygens (including phenoxy) is 1. The average Bonchev–Trinajstić information content (AvgIpc) is 2.91. The van der Waals surface area contributed by atoms with E-state index in [0.29, 0.717) is 18.0 Å². The maximum absolute atomic E-state index is 13.9. The number of benzene rings is 4. The summed E-state index contributed by atoms with van der Waals surface area (Å²) in [6, 6.07) is 30.1. The number of carbonyl (C=O) groups excluding carboxylic acids is 1. The summed E-state index contributed by atoms with van der Waals surface area (Å²) in [5.74, 6) is 0.205. The predicted molar refractivity (Wildman–Crippen MR) is 142 cm³/mol. The molecular weight excluding hydrogens is 472 g/mol. The third-order valence-electron chi connectivity index (χ3n) is 5.93. The second-order valence-corrected chi connectivity index (χ2v) is 10.2. The van der Waals surface area contributed by atoms with Gasteiger partial charge in [0.25, 0.3) is 15.9 Å². The zero-order chi connectivity index (χ0) is 25.5. The first-order valence-electron chi connectivity index (χ1n) is 11.5. The van der Waals surface area contributed by atoms with Gasteiger partial charge in [-0.3, -0.25) is 9.10 Å². The lowest BCUT2D eigenvalue weighted by molar-refractivity contribution is 0.0951. The monoisotopic (exact) mass is 500 g/mol. The molecule has 0 saturated carbocycles. The van der Waals surface area contributed by atoms with Gasteiger partial charge in [0, 0.05) is 6.54 Å². The summed E-state index contributed by atoms with van der Waals surface area (Å²) in [6.45, 7) is 2.39. The van der Waals surface area contributed by atoms with Crippen LogP contribution in [0.1, 0.15) is 27.0 Å². The van der Waals surface area contributed by atoms with E-state index in [-0.39, 0.29) is 22.9 Å². The van der Waals surface area contributed by atoms with Crippen molar-refractivity contribution >= 4 is 21.6 Å². The molecule has 7 heteroatoms. The van der Waals surface area contributed by atoms with Gasteiger partial charge in [-0.25, -0.2) is 8.42 Å². The number of nitrogens with one attached hydrogen (secondary N) is 1. The van der Waals surface area contributed by atoms with E-state index in [2.05, 4.69) is 5.32 Å². The number of hydrogen-bond donors (Lipinski definition) is 1. The molecule has 0 unspecified atom stereocenters. The number of sulfonamides is 1. The van der Waals surface area contributed by atoms with Crippen molar-refractivity contribution in [2.45, 2.75) is 24.9 Å². The van der Waals surface area contributed by atoms with Gasteiger partial charge >= 0.3 is 0 Å². The van der Waals surface area contributed by atoms with Gasteiger partial charge in [0.2, 0.25) is 0 Å². The number of amides is 1. The number of rotatable bonds is 9. The summed E-state index contributed by atoms with van der Waals surface area (Å²) < 4.78 is 34.2. The molecule has 0 spiro atoms. The van der Waals surface area contributed by atoms with Crippen LogP contribution >= 0.6 is 0 Å². The molecule has 0 aliphatic carbocycles. The van der Waals surface area contributed by atoms with E-state index < -0.39 is 10.0 Å². The third kappa shape index (κ3) is 5.58. The summed E-state index contributed by atoms with van der Waals surface area (Å²) in [6.07, 6.45) is 0.